The van der Waals surface area contributed by atoms with Gasteiger partial charge in [-0.2, -0.15) is 11.8 Å². The molecule has 0 saturated heterocycles. The highest BCUT2D eigenvalue weighted by atomic mass is 32.2. The average molecular weight is 275 g/mol. The fourth-order valence-corrected chi connectivity index (χ4v) is 1.83. The summed E-state index contributed by atoms with van der Waals surface area (Å²) >= 11 is 1.54. The minimum absolute atomic E-state index is 0.281. The summed E-state index contributed by atoms with van der Waals surface area (Å²) in [5.41, 5.74) is 0. The first-order valence-electron chi connectivity index (χ1n) is 5.63. The number of hydrogen-bond donors (Lipinski definition) is 2. The van der Waals surface area contributed by atoms with Crippen LogP contribution in [0.4, 0.5) is 0 Å². The van der Waals surface area contributed by atoms with Gasteiger partial charge in [0.25, 0.3) is 0 Å². The minimum Gasteiger partial charge on any atom is -0.548 e. The van der Waals surface area contributed by atoms with Gasteiger partial charge in [-0.1, -0.05) is 13.8 Å². The number of carbonyl (C=O) groups is 3. The van der Waals surface area contributed by atoms with Crippen molar-refractivity contribution in [1.82, 2.24) is 10.6 Å². The molecule has 18 heavy (non-hydrogen) atoms. The van der Waals surface area contributed by atoms with E-state index in [1.807, 2.05) is 6.26 Å². The predicted octanol–water partition coefficient (Wildman–Crippen LogP) is -1.26. The molecule has 0 unspecified atom stereocenters. The fourth-order valence-electron chi connectivity index (χ4n) is 1.36. The molecule has 2 amide bonds. The molecule has 0 aromatic heterocycles. The number of hydrogen-bond acceptors (Lipinski definition) is 5. The van der Waals surface area contributed by atoms with Crippen molar-refractivity contribution in [3.63, 3.8) is 0 Å². The zero-order valence-electron chi connectivity index (χ0n) is 10.8. The molecule has 0 saturated carbocycles. The van der Waals surface area contributed by atoms with Gasteiger partial charge in [0.05, 0.1) is 12.0 Å². The van der Waals surface area contributed by atoms with Gasteiger partial charge in [0.2, 0.25) is 12.3 Å². The molecule has 0 aromatic carbocycles. The Labute approximate surface area is 111 Å². The first-order chi connectivity index (χ1) is 8.43. The molecule has 0 heterocycles. The van der Waals surface area contributed by atoms with E-state index in [0.717, 1.165) is 0 Å². The average Bonchev–Trinajstić information content (AvgIpc) is 2.30. The number of carboxylic acids is 1. The van der Waals surface area contributed by atoms with Crippen LogP contribution in [0.1, 0.15) is 20.3 Å². The first-order valence-corrected chi connectivity index (χ1v) is 7.03. The number of carbonyl (C=O) groups excluding carboxylic acids is 3. The van der Waals surface area contributed by atoms with E-state index in [2.05, 4.69) is 10.6 Å². The lowest BCUT2D eigenvalue weighted by Gasteiger charge is -2.25. The van der Waals surface area contributed by atoms with Gasteiger partial charge in [0, 0.05) is 0 Å². The summed E-state index contributed by atoms with van der Waals surface area (Å²) in [6.45, 7) is 3.34. The van der Waals surface area contributed by atoms with E-state index >= 15 is 0 Å². The highest BCUT2D eigenvalue weighted by molar-refractivity contribution is 7.98. The SMILES string of the molecule is CSCC[C@H](NC=O)C(=O)N[C@@H](C(=O)[O-])C(C)C. The summed E-state index contributed by atoms with van der Waals surface area (Å²) in [6.07, 6.45) is 2.77. The third-order valence-electron chi connectivity index (χ3n) is 2.41. The van der Waals surface area contributed by atoms with Crippen LogP contribution in [0.15, 0.2) is 0 Å². The Morgan fingerprint density at radius 3 is 2.39 bits per heavy atom. The Morgan fingerprint density at radius 2 is 2.00 bits per heavy atom. The summed E-state index contributed by atoms with van der Waals surface area (Å²) in [6, 6.07) is -1.77. The molecule has 6 nitrogen and oxygen atoms in total. The van der Waals surface area contributed by atoms with E-state index in [1.54, 1.807) is 25.6 Å². The number of carboxylic acid groups (broad SMARTS) is 1. The van der Waals surface area contributed by atoms with Gasteiger partial charge in [0.1, 0.15) is 6.04 Å². The standard InChI is InChI=1S/C11H20N2O4S/c1-7(2)9(11(16)17)13-10(15)8(12-6-14)4-5-18-3/h6-9H,4-5H2,1-3H3,(H,12,14)(H,13,15)(H,16,17)/p-1/t8-,9+/m0/s1. The Bertz CT molecular complexity index is 297. The van der Waals surface area contributed by atoms with E-state index in [0.29, 0.717) is 18.6 Å². The van der Waals surface area contributed by atoms with Gasteiger partial charge in [0.15, 0.2) is 0 Å². The predicted molar refractivity (Wildman–Crippen MR) is 67.8 cm³/mol. The van der Waals surface area contributed by atoms with Crippen molar-refractivity contribution in [3.05, 3.63) is 0 Å². The molecule has 2 N–H and O–H groups in total. The van der Waals surface area contributed by atoms with Gasteiger partial charge < -0.3 is 20.5 Å². The largest absolute Gasteiger partial charge is 0.548 e. The van der Waals surface area contributed by atoms with Crippen LogP contribution in [-0.2, 0) is 14.4 Å². The normalized spacial score (nSPS) is 13.8. The van der Waals surface area contributed by atoms with Crippen molar-refractivity contribution in [2.24, 2.45) is 5.92 Å². The molecule has 0 aliphatic carbocycles. The van der Waals surface area contributed by atoms with Crippen molar-refractivity contribution in [3.8, 4) is 0 Å². The number of aliphatic carboxylic acids is 1. The van der Waals surface area contributed by atoms with E-state index in [4.69, 9.17) is 0 Å². The zero-order valence-corrected chi connectivity index (χ0v) is 11.6. The Balaban J connectivity index is 4.55. The van der Waals surface area contributed by atoms with Crippen LogP contribution in [0.5, 0.6) is 0 Å². The lowest BCUT2D eigenvalue weighted by molar-refractivity contribution is -0.309. The van der Waals surface area contributed by atoms with E-state index in [1.165, 1.54) is 0 Å². The lowest BCUT2D eigenvalue weighted by atomic mass is 10.0. The van der Waals surface area contributed by atoms with E-state index < -0.39 is 24.0 Å². The van der Waals surface area contributed by atoms with E-state index in [-0.39, 0.29) is 5.92 Å². The second-order valence-electron chi connectivity index (χ2n) is 4.17. The van der Waals surface area contributed by atoms with Crippen LogP contribution in [0.3, 0.4) is 0 Å². The molecule has 104 valence electrons. The van der Waals surface area contributed by atoms with Gasteiger partial charge in [-0.3, -0.25) is 9.59 Å². The Hall–Kier alpha value is -1.24. The van der Waals surface area contributed by atoms with Crippen LogP contribution < -0.4 is 15.7 Å². The second-order valence-corrected chi connectivity index (χ2v) is 5.15. The van der Waals surface area contributed by atoms with Gasteiger partial charge in [-0.05, 0) is 24.3 Å². The molecular weight excluding hydrogens is 256 g/mol. The van der Waals surface area contributed by atoms with Crippen molar-refractivity contribution in [2.75, 3.05) is 12.0 Å². The Morgan fingerprint density at radius 1 is 1.39 bits per heavy atom. The third kappa shape index (κ3) is 5.90. The van der Waals surface area contributed by atoms with Gasteiger partial charge >= 0.3 is 0 Å². The maximum Gasteiger partial charge on any atom is 0.243 e. The van der Waals surface area contributed by atoms with E-state index in [9.17, 15) is 19.5 Å². The van der Waals surface area contributed by atoms with Crippen LogP contribution in [0.2, 0.25) is 0 Å². The lowest BCUT2D eigenvalue weighted by Crippen LogP contribution is -2.55. The van der Waals surface area contributed by atoms with Crippen LogP contribution in [0.25, 0.3) is 0 Å². The molecule has 2 atom stereocenters. The maximum atomic E-state index is 11.8. The molecule has 0 rings (SSSR count). The zero-order chi connectivity index (χ0) is 14.1. The summed E-state index contributed by atoms with van der Waals surface area (Å²) in [5, 5.41) is 15.6. The van der Waals surface area contributed by atoms with Gasteiger partial charge in [-0.25, -0.2) is 0 Å². The Kier molecular flexibility index (Phi) is 8.19. The topological polar surface area (TPSA) is 98.3 Å². The van der Waals surface area contributed by atoms with Crippen LogP contribution in [-0.4, -0.2) is 42.4 Å². The van der Waals surface area contributed by atoms with Gasteiger partial charge in [-0.15, -0.1) is 0 Å². The molecular formula is C11H19N2O4S-. The number of nitrogens with one attached hydrogen (secondary N) is 2. The second kappa shape index (κ2) is 8.79. The molecule has 0 aromatic rings. The highest BCUT2D eigenvalue weighted by Crippen LogP contribution is 2.04. The third-order valence-corrected chi connectivity index (χ3v) is 3.06. The summed E-state index contributed by atoms with van der Waals surface area (Å²) in [4.78, 5) is 33.1. The summed E-state index contributed by atoms with van der Waals surface area (Å²) in [7, 11) is 0. The first kappa shape index (κ1) is 16.8. The molecule has 0 fully saturated rings. The molecule has 7 heteroatoms. The highest BCUT2D eigenvalue weighted by Gasteiger charge is 2.23. The van der Waals surface area contributed by atoms with Crippen molar-refractivity contribution in [1.29, 1.82) is 0 Å². The number of amides is 2. The van der Waals surface area contributed by atoms with Crippen molar-refractivity contribution >= 4 is 30.0 Å². The number of rotatable bonds is 9. The quantitative estimate of drug-likeness (QED) is 0.512. The molecule has 0 aliphatic rings. The van der Waals surface area contributed by atoms with Crippen LogP contribution in [0, 0.1) is 5.92 Å². The monoisotopic (exact) mass is 275 g/mol. The molecule has 0 radical (unpaired) electrons. The van der Waals surface area contributed by atoms with Crippen molar-refractivity contribution < 1.29 is 19.5 Å². The summed E-state index contributed by atoms with van der Waals surface area (Å²) in [5.74, 6) is -1.42. The number of thioether (sulfide) groups is 1. The van der Waals surface area contributed by atoms with Crippen molar-refractivity contribution in [2.45, 2.75) is 32.4 Å². The maximum absolute atomic E-state index is 11.8. The molecule has 0 aliphatic heterocycles. The smallest absolute Gasteiger partial charge is 0.243 e. The molecule has 0 bridgehead atoms. The summed E-state index contributed by atoms with van der Waals surface area (Å²) < 4.78 is 0. The minimum atomic E-state index is -1.33. The fraction of sp³-hybridized carbons (Fsp3) is 0.727. The van der Waals surface area contributed by atoms with Crippen LogP contribution >= 0.6 is 11.8 Å². The molecule has 0 spiro atoms.